The standard InChI is InChI=1S/C30H24Cl2N2O2/c31-19-23-3-11-25(12-4-23)29(35)33-27-15-7-21(8-16-27)1-2-22-9-17-28(18-10-22)34-30(36)26-13-5-24(20-32)6-14-26/h1-18H,19-20H2,(H,33,35)(H,34,36)/b2-1+. The lowest BCUT2D eigenvalue weighted by molar-refractivity contribution is 0.101. The van der Waals surface area contributed by atoms with Gasteiger partial charge in [0.2, 0.25) is 0 Å². The van der Waals surface area contributed by atoms with Crippen LogP contribution in [-0.4, -0.2) is 11.8 Å². The number of nitrogens with one attached hydrogen (secondary N) is 2. The summed E-state index contributed by atoms with van der Waals surface area (Å²) < 4.78 is 0. The first-order chi connectivity index (χ1) is 17.5. The van der Waals surface area contributed by atoms with Crippen LogP contribution in [0.2, 0.25) is 0 Å². The van der Waals surface area contributed by atoms with Gasteiger partial charge in [-0.3, -0.25) is 9.59 Å². The van der Waals surface area contributed by atoms with Gasteiger partial charge in [-0.25, -0.2) is 0 Å². The molecule has 36 heavy (non-hydrogen) atoms. The minimum atomic E-state index is -0.168. The number of amides is 2. The third-order valence-electron chi connectivity index (χ3n) is 5.55. The molecule has 4 aromatic rings. The minimum absolute atomic E-state index is 0.168. The van der Waals surface area contributed by atoms with Crippen molar-refractivity contribution < 1.29 is 9.59 Å². The van der Waals surface area contributed by atoms with E-state index < -0.39 is 0 Å². The van der Waals surface area contributed by atoms with Crippen LogP contribution in [0.4, 0.5) is 11.4 Å². The van der Waals surface area contributed by atoms with Crippen molar-refractivity contribution in [2.45, 2.75) is 11.8 Å². The van der Waals surface area contributed by atoms with Crippen LogP contribution >= 0.6 is 23.2 Å². The molecule has 4 nitrogen and oxygen atoms in total. The molecule has 4 aromatic carbocycles. The summed E-state index contributed by atoms with van der Waals surface area (Å²) in [6, 6.07) is 29.6. The van der Waals surface area contributed by atoms with Crippen molar-refractivity contribution in [2.75, 3.05) is 10.6 Å². The van der Waals surface area contributed by atoms with E-state index in [9.17, 15) is 9.59 Å². The summed E-state index contributed by atoms with van der Waals surface area (Å²) in [7, 11) is 0. The first-order valence-corrected chi connectivity index (χ1v) is 12.4. The van der Waals surface area contributed by atoms with Crippen molar-refractivity contribution in [1.29, 1.82) is 0 Å². The van der Waals surface area contributed by atoms with Gasteiger partial charge in [0.05, 0.1) is 0 Å². The Balaban J connectivity index is 1.31. The van der Waals surface area contributed by atoms with E-state index in [1.165, 1.54) is 0 Å². The highest BCUT2D eigenvalue weighted by Gasteiger charge is 2.07. The van der Waals surface area contributed by atoms with Gasteiger partial charge in [0.1, 0.15) is 0 Å². The number of hydrogen-bond donors (Lipinski definition) is 2. The smallest absolute Gasteiger partial charge is 0.255 e. The molecular formula is C30H24Cl2N2O2. The Labute approximate surface area is 220 Å². The average molecular weight is 515 g/mol. The number of anilines is 2. The van der Waals surface area contributed by atoms with E-state index in [0.717, 1.165) is 33.6 Å². The third-order valence-corrected chi connectivity index (χ3v) is 6.16. The molecule has 0 atom stereocenters. The lowest BCUT2D eigenvalue weighted by Gasteiger charge is -2.07. The summed E-state index contributed by atoms with van der Waals surface area (Å²) in [4.78, 5) is 24.8. The Hall–Kier alpha value is -3.86. The molecule has 0 spiro atoms. The molecule has 0 aliphatic rings. The number of alkyl halides is 2. The maximum Gasteiger partial charge on any atom is 0.255 e. The summed E-state index contributed by atoms with van der Waals surface area (Å²) in [6.07, 6.45) is 3.98. The largest absolute Gasteiger partial charge is 0.322 e. The molecular weight excluding hydrogens is 491 g/mol. The molecule has 0 bridgehead atoms. The van der Waals surface area contributed by atoms with Crippen LogP contribution in [0.15, 0.2) is 97.1 Å². The first-order valence-electron chi connectivity index (χ1n) is 11.3. The van der Waals surface area contributed by atoms with E-state index in [1.807, 2.05) is 84.9 Å². The van der Waals surface area contributed by atoms with Crippen LogP contribution in [0.5, 0.6) is 0 Å². The Morgan fingerprint density at radius 2 is 0.861 bits per heavy atom. The van der Waals surface area contributed by atoms with Crippen molar-refractivity contribution in [1.82, 2.24) is 0 Å². The second-order valence-electron chi connectivity index (χ2n) is 8.15. The molecule has 0 radical (unpaired) electrons. The quantitative estimate of drug-likeness (QED) is 0.186. The van der Waals surface area contributed by atoms with Crippen LogP contribution in [0, 0.1) is 0 Å². The lowest BCUT2D eigenvalue weighted by Crippen LogP contribution is -2.11. The Morgan fingerprint density at radius 3 is 1.17 bits per heavy atom. The van der Waals surface area contributed by atoms with Gasteiger partial charge >= 0.3 is 0 Å². The minimum Gasteiger partial charge on any atom is -0.322 e. The molecule has 2 amide bonds. The molecule has 6 heteroatoms. The molecule has 0 unspecified atom stereocenters. The molecule has 0 fully saturated rings. The lowest BCUT2D eigenvalue weighted by atomic mass is 10.1. The molecule has 4 rings (SSSR count). The van der Waals surface area contributed by atoms with Gasteiger partial charge in [-0.05, 0) is 70.8 Å². The molecule has 0 heterocycles. The van der Waals surface area contributed by atoms with E-state index in [1.54, 1.807) is 24.3 Å². The normalized spacial score (nSPS) is 10.8. The molecule has 0 aliphatic carbocycles. The van der Waals surface area contributed by atoms with E-state index in [4.69, 9.17) is 23.2 Å². The monoisotopic (exact) mass is 514 g/mol. The predicted octanol–water partition coefficient (Wildman–Crippen LogP) is 7.84. The fourth-order valence-corrected chi connectivity index (χ4v) is 3.80. The summed E-state index contributed by atoms with van der Waals surface area (Å²) in [5.41, 5.74) is 6.53. The second-order valence-corrected chi connectivity index (χ2v) is 8.68. The highest BCUT2D eigenvalue weighted by molar-refractivity contribution is 6.17. The van der Waals surface area contributed by atoms with Gasteiger partial charge in [0.15, 0.2) is 0 Å². The van der Waals surface area contributed by atoms with E-state index in [2.05, 4.69) is 10.6 Å². The number of carbonyl (C=O) groups excluding carboxylic acids is 2. The van der Waals surface area contributed by atoms with E-state index in [-0.39, 0.29) is 11.8 Å². The fourth-order valence-electron chi connectivity index (χ4n) is 3.44. The van der Waals surface area contributed by atoms with Crippen LogP contribution in [0.1, 0.15) is 43.0 Å². The number of halogens is 2. The van der Waals surface area contributed by atoms with Crippen LogP contribution < -0.4 is 10.6 Å². The Kier molecular flexibility index (Phi) is 8.56. The summed E-state index contributed by atoms with van der Waals surface area (Å²) >= 11 is 11.6. The fraction of sp³-hybridized carbons (Fsp3) is 0.0667. The van der Waals surface area contributed by atoms with Crippen LogP contribution in [-0.2, 0) is 11.8 Å². The van der Waals surface area contributed by atoms with E-state index >= 15 is 0 Å². The Morgan fingerprint density at radius 1 is 0.528 bits per heavy atom. The second kappa shape index (κ2) is 12.2. The van der Waals surface area contributed by atoms with Crippen molar-refractivity contribution in [3.63, 3.8) is 0 Å². The van der Waals surface area contributed by atoms with Gasteiger partial charge in [-0.1, -0.05) is 60.7 Å². The van der Waals surface area contributed by atoms with E-state index in [0.29, 0.717) is 22.9 Å². The maximum atomic E-state index is 12.4. The first kappa shape index (κ1) is 25.2. The Bertz CT molecular complexity index is 1240. The molecule has 0 aromatic heterocycles. The summed E-state index contributed by atoms with van der Waals surface area (Å²) in [5.74, 6) is 0.502. The van der Waals surface area contributed by atoms with Crippen LogP contribution in [0.25, 0.3) is 12.2 Å². The number of carbonyl (C=O) groups is 2. The highest BCUT2D eigenvalue weighted by Crippen LogP contribution is 2.17. The van der Waals surface area contributed by atoms with Gasteiger partial charge in [-0.15, -0.1) is 23.2 Å². The van der Waals surface area contributed by atoms with Gasteiger partial charge in [0.25, 0.3) is 11.8 Å². The maximum absolute atomic E-state index is 12.4. The van der Waals surface area contributed by atoms with Crippen LogP contribution in [0.3, 0.4) is 0 Å². The zero-order valence-electron chi connectivity index (χ0n) is 19.4. The van der Waals surface area contributed by atoms with Crippen molar-refractivity contribution >= 4 is 58.5 Å². The SMILES string of the molecule is O=C(Nc1ccc(/C=C/c2ccc(NC(=O)c3ccc(CCl)cc3)cc2)cc1)c1ccc(CCl)cc1. The van der Waals surface area contributed by atoms with Crippen molar-refractivity contribution in [2.24, 2.45) is 0 Å². The molecule has 2 N–H and O–H groups in total. The average Bonchev–Trinajstić information content (AvgIpc) is 2.93. The molecule has 0 aliphatic heterocycles. The number of hydrogen-bond acceptors (Lipinski definition) is 2. The topological polar surface area (TPSA) is 58.2 Å². The third kappa shape index (κ3) is 6.85. The zero-order valence-corrected chi connectivity index (χ0v) is 20.9. The summed E-state index contributed by atoms with van der Waals surface area (Å²) in [5, 5.41) is 5.80. The zero-order chi connectivity index (χ0) is 25.3. The van der Waals surface area contributed by atoms with Crippen molar-refractivity contribution in [3.05, 3.63) is 130 Å². The summed E-state index contributed by atoms with van der Waals surface area (Å²) in [6.45, 7) is 0. The molecule has 180 valence electrons. The molecule has 0 saturated heterocycles. The van der Waals surface area contributed by atoms with Gasteiger partial charge in [0, 0.05) is 34.3 Å². The number of rotatable bonds is 8. The number of benzene rings is 4. The van der Waals surface area contributed by atoms with Crippen molar-refractivity contribution in [3.8, 4) is 0 Å². The van der Waals surface area contributed by atoms with Gasteiger partial charge < -0.3 is 10.6 Å². The molecule has 0 saturated carbocycles. The predicted molar refractivity (Wildman–Crippen MR) is 150 cm³/mol. The van der Waals surface area contributed by atoms with Gasteiger partial charge in [-0.2, -0.15) is 0 Å². The highest BCUT2D eigenvalue weighted by atomic mass is 35.5.